The Balaban J connectivity index is 2.46. The van der Waals surface area contributed by atoms with Crippen LogP contribution in [0.25, 0.3) is 6.08 Å². The molecule has 0 bridgehead atoms. The summed E-state index contributed by atoms with van der Waals surface area (Å²) in [6, 6.07) is 5.77. The molecule has 0 saturated carbocycles. The minimum absolute atomic E-state index is 0.743. The minimum atomic E-state index is 0.743. The van der Waals surface area contributed by atoms with Crippen LogP contribution >= 0.6 is 0 Å². The van der Waals surface area contributed by atoms with Crippen LogP contribution in [0.15, 0.2) is 24.3 Å². The van der Waals surface area contributed by atoms with Crippen molar-refractivity contribution >= 4 is 6.08 Å². The Kier molecular flexibility index (Phi) is 7.70. The molecule has 0 aliphatic heterocycles. The first-order chi connectivity index (χ1) is 9.31. The number of methoxy groups -OCH3 is 3. The van der Waals surface area contributed by atoms with E-state index < -0.39 is 0 Å². The van der Waals surface area contributed by atoms with E-state index in [-0.39, 0.29) is 0 Å². The summed E-state index contributed by atoms with van der Waals surface area (Å²) in [7, 11) is 5.04. The van der Waals surface area contributed by atoms with Crippen molar-refractivity contribution in [3.05, 3.63) is 29.8 Å². The van der Waals surface area contributed by atoms with E-state index in [2.05, 4.69) is 17.5 Å². The van der Waals surface area contributed by atoms with Crippen LogP contribution in [-0.2, 0) is 4.74 Å². The molecule has 1 aromatic carbocycles. The van der Waals surface area contributed by atoms with Crippen LogP contribution < -0.4 is 14.8 Å². The molecule has 0 saturated heterocycles. The molecule has 19 heavy (non-hydrogen) atoms. The van der Waals surface area contributed by atoms with Gasteiger partial charge in [-0.1, -0.05) is 12.2 Å². The van der Waals surface area contributed by atoms with E-state index in [9.17, 15) is 0 Å². The Labute approximate surface area is 115 Å². The highest BCUT2D eigenvalue weighted by Crippen LogP contribution is 2.25. The van der Waals surface area contributed by atoms with Gasteiger partial charge in [0, 0.05) is 19.2 Å². The topological polar surface area (TPSA) is 39.7 Å². The van der Waals surface area contributed by atoms with Crippen molar-refractivity contribution in [3.63, 3.8) is 0 Å². The SMILES string of the molecule is COCCNCCC=Cc1cc(OC)ccc1OC. The maximum atomic E-state index is 5.32. The first kappa shape index (κ1) is 15.5. The summed E-state index contributed by atoms with van der Waals surface area (Å²) < 4.78 is 15.5. The van der Waals surface area contributed by atoms with E-state index in [1.54, 1.807) is 21.3 Å². The zero-order chi connectivity index (χ0) is 13.9. The van der Waals surface area contributed by atoms with Crippen molar-refractivity contribution < 1.29 is 14.2 Å². The molecular formula is C15H23NO3. The van der Waals surface area contributed by atoms with Gasteiger partial charge in [0.1, 0.15) is 11.5 Å². The lowest BCUT2D eigenvalue weighted by Crippen LogP contribution is -2.19. The van der Waals surface area contributed by atoms with Gasteiger partial charge < -0.3 is 19.5 Å². The molecule has 4 nitrogen and oxygen atoms in total. The van der Waals surface area contributed by atoms with Gasteiger partial charge in [-0.15, -0.1) is 0 Å². The maximum Gasteiger partial charge on any atom is 0.126 e. The van der Waals surface area contributed by atoms with Gasteiger partial charge in [-0.3, -0.25) is 0 Å². The summed E-state index contributed by atoms with van der Waals surface area (Å²) in [4.78, 5) is 0. The second-order valence-electron chi connectivity index (χ2n) is 4.04. The average molecular weight is 265 g/mol. The maximum absolute atomic E-state index is 5.32. The highest BCUT2D eigenvalue weighted by atomic mass is 16.5. The molecule has 0 heterocycles. The van der Waals surface area contributed by atoms with Gasteiger partial charge in [0.15, 0.2) is 0 Å². The Morgan fingerprint density at radius 2 is 1.95 bits per heavy atom. The Morgan fingerprint density at radius 1 is 1.11 bits per heavy atom. The fraction of sp³-hybridized carbons (Fsp3) is 0.467. The number of hydrogen-bond donors (Lipinski definition) is 1. The average Bonchev–Trinajstić information content (AvgIpc) is 2.46. The molecule has 0 aliphatic rings. The minimum Gasteiger partial charge on any atom is -0.497 e. The number of rotatable bonds is 9. The number of nitrogens with one attached hydrogen (secondary N) is 1. The van der Waals surface area contributed by atoms with Crippen LogP contribution in [0.4, 0.5) is 0 Å². The molecule has 1 aromatic rings. The predicted molar refractivity (Wildman–Crippen MR) is 77.9 cm³/mol. The van der Waals surface area contributed by atoms with Crippen LogP contribution in [0.1, 0.15) is 12.0 Å². The lowest BCUT2D eigenvalue weighted by molar-refractivity contribution is 0.199. The highest BCUT2D eigenvalue weighted by molar-refractivity contribution is 5.59. The van der Waals surface area contributed by atoms with Crippen LogP contribution in [0.3, 0.4) is 0 Å². The van der Waals surface area contributed by atoms with Gasteiger partial charge in [0.25, 0.3) is 0 Å². The Morgan fingerprint density at radius 3 is 2.63 bits per heavy atom. The van der Waals surface area contributed by atoms with E-state index in [4.69, 9.17) is 14.2 Å². The third kappa shape index (κ3) is 5.77. The zero-order valence-electron chi connectivity index (χ0n) is 11.9. The molecule has 1 N–H and O–H groups in total. The molecule has 0 radical (unpaired) electrons. The van der Waals surface area contributed by atoms with Crippen molar-refractivity contribution in [2.24, 2.45) is 0 Å². The van der Waals surface area contributed by atoms with Crippen molar-refractivity contribution in [3.8, 4) is 11.5 Å². The Hall–Kier alpha value is -1.52. The summed E-state index contributed by atoms with van der Waals surface area (Å²) in [5.41, 5.74) is 1.03. The standard InChI is InChI=1S/C15H23NO3/c1-17-11-10-16-9-5-4-6-13-12-14(18-2)7-8-15(13)19-3/h4,6-8,12,16H,5,9-11H2,1-3H3. The van der Waals surface area contributed by atoms with Gasteiger partial charge in [-0.25, -0.2) is 0 Å². The molecule has 4 heteroatoms. The van der Waals surface area contributed by atoms with Gasteiger partial charge in [0.05, 0.1) is 20.8 Å². The predicted octanol–water partition coefficient (Wildman–Crippen LogP) is 2.34. The van der Waals surface area contributed by atoms with Crippen LogP contribution in [-0.4, -0.2) is 41.0 Å². The molecule has 0 aliphatic carbocycles. The monoisotopic (exact) mass is 265 g/mol. The first-order valence-corrected chi connectivity index (χ1v) is 6.40. The molecule has 0 aromatic heterocycles. The van der Waals surface area contributed by atoms with Crippen molar-refractivity contribution in [1.29, 1.82) is 0 Å². The lowest BCUT2D eigenvalue weighted by atomic mass is 10.1. The Bertz CT molecular complexity index is 391. The molecular weight excluding hydrogens is 242 g/mol. The number of hydrogen-bond acceptors (Lipinski definition) is 4. The lowest BCUT2D eigenvalue weighted by Gasteiger charge is -2.07. The summed E-state index contributed by atoms with van der Waals surface area (Å²) in [6.45, 7) is 2.56. The highest BCUT2D eigenvalue weighted by Gasteiger charge is 2.01. The fourth-order valence-corrected chi connectivity index (χ4v) is 1.66. The van der Waals surface area contributed by atoms with Crippen molar-refractivity contribution in [2.75, 3.05) is 41.0 Å². The molecule has 0 amide bonds. The summed E-state index contributed by atoms with van der Waals surface area (Å²) in [6.07, 6.45) is 5.14. The van der Waals surface area contributed by atoms with Crippen LogP contribution in [0.2, 0.25) is 0 Å². The number of benzene rings is 1. The van der Waals surface area contributed by atoms with Gasteiger partial charge in [-0.2, -0.15) is 0 Å². The third-order valence-electron chi connectivity index (χ3n) is 2.71. The van der Waals surface area contributed by atoms with E-state index >= 15 is 0 Å². The van der Waals surface area contributed by atoms with E-state index in [0.717, 1.165) is 43.2 Å². The summed E-state index contributed by atoms with van der Waals surface area (Å²) in [5.74, 6) is 1.68. The molecule has 0 unspecified atom stereocenters. The van der Waals surface area contributed by atoms with E-state index in [1.807, 2.05) is 18.2 Å². The molecule has 0 atom stereocenters. The third-order valence-corrected chi connectivity index (χ3v) is 2.71. The van der Waals surface area contributed by atoms with Gasteiger partial charge in [-0.05, 0) is 31.2 Å². The summed E-state index contributed by atoms with van der Waals surface area (Å²) in [5, 5.41) is 3.29. The fourth-order valence-electron chi connectivity index (χ4n) is 1.66. The van der Waals surface area contributed by atoms with E-state index in [1.165, 1.54) is 0 Å². The van der Waals surface area contributed by atoms with Crippen molar-refractivity contribution in [1.82, 2.24) is 5.32 Å². The van der Waals surface area contributed by atoms with E-state index in [0.29, 0.717) is 0 Å². The second kappa shape index (κ2) is 9.42. The molecule has 1 rings (SSSR count). The van der Waals surface area contributed by atoms with Gasteiger partial charge in [0.2, 0.25) is 0 Å². The summed E-state index contributed by atoms with van der Waals surface area (Å²) >= 11 is 0. The largest absolute Gasteiger partial charge is 0.497 e. The van der Waals surface area contributed by atoms with Crippen LogP contribution in [0, 0.1) is 0 Å². The quantitative estimate of drug-likeness (QED) is 0.696. The molecule has 0 spiro atoms. The molecule has 0 fully saturated rings. The smallest absolute Gasteiger partial charge is 0.126 e. The molecule has 106 valence electrons. The first-order valence-electron chi connectivity index (χ1n) is 6.40. The zero-order valence-corrected chi connectivity index (χ0v) is 11.9. The van der Waals surface area contributed by atoms with Crippen LogP contribution in [0.5, 0.6) is 11.5 Å². The van der Waals surface area contributed by atoms with Crippen molar-refractivity contribution in [2.45, 2.75) is 6.42 Å². The number of ether oxygens (including phenoxy) is 3. The second-order valence-corrected chi connectivity index (χ2v) is 4.04. The van der Waals surface area contributed by atoms with Gasteiger partial charge >= 0.3 is 0 Å². The normalized spacial score (nSPS) is 10.9.